The third kappa shape index (κ3) is 2.82. The van der Waals surface area contributed by atoms with Crippen LogP contribution in [-0.2, 0) is 0 Å². The van der Waals surface area contributed by atoms with Crippen LogP contribution in [0.4, 0.5) is 0 Å². The lowest BCUT2D eigenvalue weighted by Crippen LogP contribution is -2.03. The second-order valence-corrected chi connectivity index (χ2v) is 5.22. The van der Waals surface area contributed by atoms with E-state index in [0.717, 1.165) is 29.2 Å². The predicted molar refractivity (Wildman–Crippen MR) is 82.3 cm³/mol. The van der Waals surface area contributed by atoms with Crippen LogP contribution in [0.5, 0.6) is 17.2 Å². The molecule has 2 aromatic rings. The molecular weight excluding hydrogens is 264 g/mol. The molecule has 1 aliphatic heterocycles. The molecule has 1 atom stereocenters. The summed E-state index contributed by atoms with van der Waals surface area (Å²) in [5.41, 5.74) is 2.40. The summed E-state index contributed by atoms with van der Waals surface area (Å²) >= 11 is 0. The van der Waals surface area contributed by atoms with Crippen molar-refractivity contribution in [3.8, 4) is 17.2 Å². The maximum Gasteiger partial charge on any atom is 0.231 e. The first kappa shape index (κ1) is 13.8. The van der Waals surface area contributed by atoms with Crippen molar-refractivity contribution in [1.29, 1.82) is 0 Å². The van der Waals surface area contributed by atoms with Crippen LogP contribution >= 0.6 is 0 Å². The lowest BCUT2D eigenvalue weighted by atomic mass is 9.92. The van der Waals surface area contributed by atoms with Crippen molar-refractivity contribution in [3.05, 3.63) is 53.6 Å². The van der Waals surface area contributed by atoms with Gasteiger partial charge in [0.2, 0.25) is 6.79 Å². The Hall–Kier alpha value is -2.16. The molecule has 2 aromatic carbocycles. The Morgan fingerprint density at radius 3 is 2.52 bits per heavy atom. The second-order valence-electron chi connectivity index (χ2n) is 5.22. The number of rotatable bonds is 5. The molecular formula is C18H20O3. The van der Waals surface area contributed by atoms with E-state index in [1.54, 1.807) is 0 Å². The first-order valence-electron chi connectivity index (χ1n) is 7.41. The molecule has 0 N–H and O–H groups in total. The van der Waals surface area contributed by atoms with E-state index in [1.165, 1.54) is 5.56 Å². The van der Waals surface area contributed by atoms with Crippen LogP contribution in [0.1, 0.15) is 37.3 Å². The minimum atomic E-state index is 0.243. The van der Waals surface area contributed by atoms with E-state index in [-0.39, 0.29) is 12.7 Å². The van der Waals surface area contributed by atoms with Gasteiger partial charge in [0.25, 0.3) is 0 Å². The number of benzene rings is 2. The molecule has 21 heavy (non-hydrogen) atoms. The Morgan fingerprint density at radius 2 is 1.81 bits per heavy atom. The summed E-state index contributed by atoms with van der Waals surface area (Å²) in [4.78, 5) is 0. The van der Waals surface area contributed by atoms with Crippen molar-refractivity contribution in [1.82, 2.24) is 0 Å². The average Bonchev–Trinajstić information content (AvgIpc) is 2.99. The molecule has 0 aromatic heterocycles. The van der Waals surface area contributed by atoms with Crippen molar-refractivity contribution in [3.63, 3.8) is 0 Å². The SMILES string of the molecule is CCCOc1cc2c(cc1C(C)c1ccccc1)OCO2. The van der Waals surface area contributed by atoms with E-state index in [0.29, 0.717) is 6.61 Å². The van der Waals surface area contributed by atoms with Crippen LogP contribution in [0, 0.1) is 0 Å². The largest absolute Gasteiger partial charge is 0.493 e. The standard InChI is InChI=1S/C18H20O3/c1-3-9-19-16-11-18-17(20-12-21-18)10-15(16)13(2)14-7-5-4-6-8-14/h4-8,10-11,13H,3,9,12H2,1-2H3. The minimum absolute atomic E-state index is 0.243. The third-order valence-electron chi connectivity index (χ3n) is 3.73. The highest BCUT2D eigenvalue weighted by molar-refractivity contribution is 5.54. The Balaban J connectivity index is 1.99. The van der Waals surface area contributed by atoms with Gasteiger partial charge in [0.15, 0.2) is 11.5 Å². The van der Waals surface area contributed by atoms with Crippen LogP contribution in [0.2, 0.25) is 0 Å². The molecule has 0 saturated carbocycles. The van der Waals surface area contributed by atoms with Crippen molar-refractivity contribution in [2.24, 2.45) is 0 Å². The second kappa shape index (κ2) is 6.08. The summed E-state index contributed by atoms with van der Waals surface area (Å²) in [7, 11) is 0. The zero-order valence-electron chi connectivity index (χ0n) is 12.5. The van der Waals surface area contributed by atoms with Crippen LogP contribution in [-0.4, -0.2) is 13.4 Å². The Kier molecular flexibility index (Phi) is 4.00. The van der Waals surface area contributed by atoms with Crippen molar-refractivity contribution in [2.45, 2.75) is 26.2 Å². The van der Waals surface area contributed by atoms with Crippen molar-refractivity contribution in [2.75, 3.05) is 13.4 Å². The summed E-state index contributed by atoms with van der Waals surface area (Å²) < 4.78 is 16.9. The van der Waals surface area contributed by atoms with Crippen LogP contribution in [0.3, 0.4) is 0 Å². The van der Waals surface area contributed by atoms with Gasteiger partial charge in [-0.15, -0.1) is 0 Å². The quantitative estimate of drug-likeness (QED) is 0.816. The summed E-state index contributed by atoms with van der Waals surface area (Å²) in [6, 6.07) is 14.4. The lowest BCUT2D eigenvalue weighted by molar-refractivity contribution is 0.173. The molecule has 0 radical (unpaired) electrons. The van der Waals surface area contributed by atoms with Gasteiger partial charge < -0.3 is 14.2 Å². The van der Waals surface area contributed by atoms with E-state index in [4.69, 9.17) is 14.2 Å². The molecule has 0 bridgehead atoms. The predicted octanol–water partition coefficient (Wildman–Crippen LogP) is 4.36. The van der Waals surface area contributed by atoms with Crippen LogP contribution in [0.15, 0.2) is 42.5 Å². The lowest BCUT2D eigenvalue weighted by Gasteiger charge is -2.18. The van der Waals surface area contributed by atoms with Gasteiger partial charge in [0.05, 0.1) is 6.61 Å². The minimum Gasteiger partial charge on any atom is -0.493 e. The normalized spacial score (nSPS) is 14.0. The topological polar surface area (TPSA) is 27.7 Å². The summed E-state index contributed by atoms with van der Waals surface area (Å²) in [5.74, 6) is 2.70. The molecule has 3 nitrogen and oxygen atoms in total. The molecule has 0 saturated heterocycles. The van der Waals surface area contributed by atoms with Crippen molar-refractivity contribution < 1.29 is 14.2 Å². The fourth-order valence-electron chi connectivity index (χ4n) is 2.54. The zero-order valence-corrected chi connectivity index (χ0v) is 12.5. The van der Waals surface area contributed by atoms with Gasteiger partial charge in [0.1, 0.15) is 5.75 Å². The fourth-order valence-corrected chi connectivity index (χ4v) is 2.54. The molecule has 0 aliphatic carbocycles. The van der Waals surface area contributed by atoms with Gasteiger partial charge in [-0.2, -0.15) is 0 Å². The Morgan fingerprint density at radius 1 is 1.10 bits per heavy atom. The first-order chi connectivity index (χ1) is 10.3. The van der Waals surface area contributed by atoms with Gasteiger partial charge >= 0.3 is 0 Å². The molecule has 3 heteroatoms. The monoisotopic (exact) mass is 284 g/mol. The molecule has 1 heterocycles. The molecule has 0 amide bonds. The number of hydrogen-bond acceptors (Lipinski definition) is 3. The highest BCUT2D eigenvalue weighted by Gasteiger charge is 2.21. The van der Waals surface area contributed by atoms with E-state index in [1.807, 2.05) is 18.2 Å². The van der Waals surface area contributed by atoms with E-state index in [9.17, 15) is 0 Å². The zero-order chi connectivity index (χ0) is 14.7. The van der Waals surface area contributed by atoms with E-state index < -0.39 is 0 Å². The molecule has 0 spiro atoms. The molecule has 110 valence electrons. The van der Waals surface area contributed by atoms with Gasteiger partial charge in [-0.25, -0.2) is 0 Å². The summed E-state index contributed by atoms with van der Waals surface area (Å²) in [6.45, 7) is 5.28. The maximum atomic E-state index is 5.92. The van der Waals surface area contributed by atoms with E-state index in [2.05, 4.69) is 38.1 Å². The van der Waals surface area contributed by atoms with Gasteiger partial charge in [-0.1, -0.05) is 44.2 Å². The number of ether oxygens (including phenoxy) is 3. The molecule has 0 fully saturated rings. The fraction of sp³-hybridized carbons (Fsp3) is 0.333. The number of hydrogen-bond donors (Lipinski definition) is 0. The third-order valence-corrected chi connectivity index (χ3v) is 3.73. The maximum absolute atomic E-state index is 5.92. The highest BCUT2D eigenvalue weighted by Crippen LogP contribution is 2.42. The molecule has 1 aliphatic rings. The van der Waals surface area contributed by atoms with Gasteiger partial charge in [-0.05, 0) is 18.1 Å². The van der Waals surface area contributed by atoms with E-state index >= 15 is 0 Å². The summed E-state index contributed by atoms with van der Waals surface area (Å²) in [6.07, 6.45) is 0.980. The number of fused-ring (bicyclic) bond motifs is 1. The molecule has 1 unspecified atom stereocenters. The Labute approximate surface area is 125 Å². The summed E-state index contributed by atoms with van der Waals surface area (Å²) in [5, 5.41) is 0. The van der Waals surface area contributed by atoms with Crippen LogP contribution in [0.25, 0.3) is 0 Å². The van der Waals surface area contributed by atoms with Crippen molar-refractivity contribution >= 4 is 0 Å². The van der Waals surface area contributed by atoms with Crippen LogP contribution < -0.4 is 14.2 Å². The highest BCUT2D eigenvalue weighted by atomic mass is 16.7. The first-order valence-corrected chi connectivity index (χ1v) is 7.41. The van der Waals surface area contributed by atoms with Gasteiger partial charge in [-0.3, -0.25) is 0 Å². The molecule has 3 rings (SSSR count). The average molecular weight is 284 g/mol. The van der Waals surface area contributed by atoms with Gasteiger partial charge in [0, 0.05) is 17.5 Å². The Bertz CT molecular complexity index is 607. The smallest absolute Gasteiger partial charge is 0.231 e.